The molecule has 0 spiro atoms. The minimum absolute atomic E-state index is 0.0306. The first-order valence-corrected chi connectivity index (χ1v) is 9.35. The van der Waals surface area contributed by atoms with Crippen molar-refractivity contribution in [2.24, 2.45) is 0 Å². The topological polar surface area (TPSA) is 67.3 Å². The summed E-state index contributed by atoms with van der Waals surface area (Å²) in [6.45, 7) is 3.28. The molecule has 1 amide bonds. The lowest BCUT2D eigenvalue weighted by Crippen LogP contribution is -2.37. The highest BCUT2D eigenvalue weighted by atomic mass is 16.5. The Morgan fingerprint density at radius 3 is 2.86 bits per heavy atom. The summed E-state index contributed by atoms with van der Waals surface area (Å²) in [6, 6.07) is 9.74. The maximum atomic E-state index is 12.8. The number of carbonyl (C=O) groups excluding carboxylic acids is 1. The fraction of sp³-hybridized carbons (Fsp3) is 0.273. The minimum atomic E-state index is -0.173. The molecule has 0 atom stereocenters. The van der Waals surface area contributed by atoms with Crippen LogP contribution in [0.15, 0.2) is 53.6 Å². The van der Waals surface area contributed by atoms with Crippen LogP contribution in [-0.2, 0) is 11.3 Å². The largest absolute Gasteiger partial charge is 0.491 e. The van der Waals surface area contributed by atoms with Crippen molar-refractivity contribution < 1.29 is 9.53 Å². The minimum Gasteiger partial charge on any atom is -0.491 e. The summed E-state index contributed by atoms with van der Waals surface area (Å²) in [4.78, 5) is 29.7. The molecule has 0 aliphatic carbocycles. The second-order valence-corrected chi connectivity index (χ2v) is 7.04. The van der Waals surface area contributed by atoms with E-state index < -0.39 is 0 Å². The van der Waals surface area contributed by atoms with E-state index in [4.69, 9.17) is 4.74 Å². The molecule has 1 aliphatic rings. The number of fused-ring (bicyclic) bond motifs is 1. The summed E-state index contributed by atoms with van der Waals surface area (Å²) in [5.74, 6) is 0.279. The zero-order valence-corrected chi connectivity index (χ0v) is 16.1. The van der Waals surface area contributed by atoms with E-state index in [1.807, 2.05) is 30.2 Å². The molecule has 1 N–H and O–H groups in total. The van der Waals surface area contributed by atoms with Crippen molar-refractivity contribution in [3.63, 3.8) is 0 Å². The van der Waals surface area contributed by atoms with Gasteiger partial charge in [0.05, 0.1) is 13.3 Å². The normalized spacial score (nSPS) is 14.2. The number of hydrogen-bond donors (Lipinski definition) is 1. The second kappa shape index (κ2) is 7.38. The van der Waals surface area contributed by atoms with Gasteiger partial charge < -0.3 is 19.2 Å². The number of amides is 1. The van der Waals surface area contributed by atoms with Gasteiger partial charge in [-0.05, 0) is 25.0 Å². The molecule has 0 unspecified atom stereocenters. The highest BCUT2D eigenvalue weighted by Crippen LogP contribution is 2.29. The van der Waals surface area contributed by atoms with E-state index in [2.05, 4.69) is 23.2 Å². The predicted molar refractivity (Wildman–Crippen MR) is 109 cm³/mol. The maximum absolute atomic E-state index is 12.8. The number of H-pyrrole nitrogens is 1. The monoisotopic (exact) mass is 377 g/mol. The first-order valence-electron chi connectivity index (χ1n) is 9.35. The Balaban J connectivity index is 1.49. The van der Waals surface area contributed by atoms with Crippen LogP contribution in [0.5, 0.6) is 5.75 Å². The second-order valence-electron chi connectivity index (χ2n) is 7.04. The van der Waals surface area contributed by atoms with Crippen LogP contribution in [-0.4, -0.2) is 40.6 Å². The van der Waals surface area contributed by atoms with Crippen LogP contribution in [0, 0.1) is 6.92 Å². The van der Waals surface area contributed by atoms with Crippen LogP contribution < -0.4 is 10.2 Å². The van der Waals surface area contributed by atoms with Crippen molar-refractivity contribution in [1.82, 2.24) is 14.5 Å². The lowest BCUT2D eigenvalue weighted by molar-refractivity contribution is -0.131. The fourth-order valence-electron chi connectivity index (χ4n) is 3.70. The third-order valence-corrected chi connectivity index (χ3v) is 5.33. The highest BCUT2D eigenvalue weighted by Gasteiger charge is 2.20. The fourth-order valence-corrected chi connectivity index (χ4v) is 3.70. The van der Waals surface area contributed by atoms with Crippen molar-refractivity contribution in [3.8, 4) is 5.75 Å². The number of para-hydroxylation sites is 1. The Hall–Kier alpha value is -3.28. The number of aromatic nitrogens is 2. The van der Waals surface area contributed by atoms with Crippen LogP contribution >= 0.6 is 0 Å². The molecule has 144 valence electrons. The van der Waals surface area contributed by atoms with Gasteiger partial charge in [-0.1, -0.05) is 24.3 Å². The third kappa shape index (κ3) is 3.33. The summed E-state index contributed by atoms with van der Waals surface area (Å²) < 4.78 is 6.85. The Labute approximate surface area is 163 Å². The number of nitrogens with zero attached hydrogens (tertiary/aromatic N) is 2. The summed E-state index contributed by atoms with van der Waals surface area (Å²) in [7, 11) is 1.46. The number of aromatic amines is 1. The quantitative estimate of drug-likeness (QED) is 0.760. The first-order chi connectivity index (χ1) is 13.6. The van der Waals surface area contributed by atoms with Crippen molar-refractivity contribution in [1.29, 1.82) is 0 Å². The number of ether oxygens (including phenoxy) is 1. The molecule has 6 nitrogen and oxygen atoms in total. The average Bonchev–Trinajstić information content (AvgIpc) is 3.14. The van der Waals surface area contributed by atoms with Crippen LogP contribution in [0.2, 0.25) is 0 Å². The molecule has 6 heteroatoms. The third-order valence-electron chi connectivity index (χ3n) is 5.33. The molecule has 1 aliphatic heterocycles. The lowest BCUT2D eigenvalue weighted by atomic mass is 9.99. The molecule has 1 aromatic carbocycles. The van der Waals surface area contributed by atoms with Gasteiger partial charge in [0.2, 0.25) is 11.3 Å². The predicted octanol–water partition coefficient (Wildman–Crippen LogP) is 2.96. The van der Waals surface area contributed by atoms with Gasteiger partial charge in [0.1, 0.15) is 6.54 Å². The van der Waals surface area contributed by atoms with Gasteiger partial charge in [0.15, 0.2) is 5.75 Å². The molecule has 0 fully saturated rings. The molecule has 0 bridgehead atoms. The van der Waals surface area contributed by atoms with Gasteiger partial charge in [0, 0.05) is 47.5 Å². The Bertz CT molecular complexity index is 1120. The summed E-state index contributed by atoms with van der Waals surface area (Å²) in [5.41, 5.74) is 4.17. The zero-order chi connectivity index (χ0) is 19.7. The molecule has 2 aromatic heterocycles. The number of benzene rings is 1. The summed E-state index contributed by atoms with van der Waals surface area (Å²) >= 11 is 0. The average molecular weight is 377 g/mol. The standard InChI is InChI=1S/C22H23N3O3/c1-15-11-20(26)21(28-2)13-25(15)14-22(27)24-9-7-16(8-10-24)18-12-23-19-6-4-3-5-17(18)19/h3-7,11-13,23H,8-10,14H2,1-2H3. The molecule has 0 radical (unpaired) electrons. The van der Waals surface area contributed by atoms with E-state index in [1.165, 1.54) is 29.7 Å². The van der Waals surface area contributed by atoms with Crippen LogP contribution in [0.3, 0.4) is 0 Å². The van der Waals surface area contributed by atoms with Gasteiger partial charge in [-0.15, -0.1) is 0 Å². The number of pyridine rings is 1. The summed E-state index contributed by atoms with van der Waals surface area (Å²) in [5, 5.41) is 1.21. The Morgan fingerprint density at radius 2 is 2.11 bits per heavy atom. The van der Waals surface area contributed by atoms with Gasteiger partial charge in [0.25, 0.3) is 0 Å². The van der Waals surface area contributed by atoms with Gasteiger partial charge in [-0.2, -0.15) is 0 Å². The highest BCUT2D eigenvalue weighted by molar-refractivity contribution is 5.93. The number of methoxy groups -OCH3 is 1. The van der Waals surface area contributed by atoms with E-state index >= 15 is 0 Å². The summed E-state index contributed by atoms with van der Waals surface area (Å²) in [6.07, 6.45) is 6.60. The first kappa shape index (κ1) is 18.1. The molecule has 0 saturated carbocycles. The lowest BCUT2D eigenvalue weighted by Gasteiger charge is -2.27. The van der Waals surface area contributed by atoms with Crippen LogP contribution in [0.25, 0.3) is 16.5 Å². The van der Waals surface area contributed by atoms with Crippen LogP contribution in [0.4, 0.5) is 0 Å². The van der Waals surface area contributed by atoms with E-state index in [1.54, 1.807) is 10.8 Å². The number of nitrogens with one attached hydrogen (secondary N) is 1. The van der Waals surface area contributed by atoms with Crippen molar-refractivity contribution in [2.75, 3.05) is 20.2 Å². The molecular formula is C22H23N3O3. The van der Waals surface area contributed by atoms with E-state index in [0.29, 0.717) is 13.1 Å². The SMILES string of the molecule is COc1cn(CC(=O)N2CC=C(c3c[nH]c4ccccc34)CC2)c(C)cc1=O. The number of aryl methyl sites for hydroxylation is 1. The maximum Gasteiger partial charge on any atom is 0.242 e. The van der Waals surface area contributed by atoms with Gasteiger partial charge in [-0.25, -0.2) is 0 Å². The molecule has 4 rings (SSSR count). The number of hydrogen-bond acceptors (Lipinski definition) is 3. The van der Waals surface area contributed by atoms with Crippen molar-refractivity contribution >= 4 is 22.4 Å². The molecule has 28 heavy (non-hydrogen) atoms. The Kier molecular flexibility index (Phi) is 4.77. The van der Waals surface area contributed by atoms with Gasteiger partial charge >= 0.3 is 0 Å². The van der Waals surface area contributed by atoms with Gasteiger partial charge in [-0.3, -0.25) is 9.59 Å². The van der Waals surface area contributed by atoms with E-state index in [0.717, 1.165) is 17.6 Å². The smallest absolute Gasteiger partial charge is 0.242 e. The van der Waals surface area contributed by atoms with E-state index in [-0.39, 0.29) is 23.6 Å². The van der Waals surface area contributed by atoms with E-state index in [9.17, 15) is 9.59 Å². The van der Waals surface area contributed by atoms with Crippen LogP contribution in [0.1, 0.15) is 17.7 Å². The van der Waals surface area contributed by atoms with Crippen molar-refractivity contribution in [3.05, 3.63) is 70.3 Å². The number of rotatable bonds is 4. The zero-order valence-electron chi connectivity index (χ0n) is 16.1. The molecule has 0 saturated heterocycles. The molecule has 3 heterocycles. The molecular weight excluding hydrogens is 354 g/mol. The molecule has 3 aromatic rings. The number of carbonyl (C=O) groups is 1. The van der Waals surface area contributed by atoms with Crippen molar-refractivity contribution in [2.45, 2.75) is 19.9 Å². The Morgan fingerprint density at radius 1 is 1.29 bits per heavy atom.